The third kappa shape index (κ3) is 5.13. The Morgan fingerprint density at radius 1 is 1.05 bits per heavy atom. The highest BCUT2D eigenvalue weighted by Gasteiger charge is 2.23. The number of hydrogen-bond donors (Lipinski definition) is 3. The molecular weight excluding hydrogens is 484 g/mol. The van der Waals surface area contributed by atoms with Gasteiger partial charge in [-0.1, -0.05) is 31.6 Å². The van der Waals surface area contributed by atoms with Crippen LogP contribution in [-0.2, 0) is 4.79 Å². The highest BCUT2D eigenvalue weighted by Crippen LogP contribution is 2.34. The fraction of sp³-hybridized carbons (Fsp3) is 0.344. The van der Waals surface area contributed by atoms with E-state index in [2.05, 4.69) is 69.1 Å². The predicted molar refractivity (Wildman–Crippen MR) is 158 cm³/mol. The van der Waals surface area contributed by atoms with Gasteiger partial charge < -0.3 is 15.2 Å². The Bertz CT molecular complexity index is 1530. The van der Waals surface area contributed by atoms with Crippen LogP contribution in [0.25, 0.3) is 39.1 Å². The van der Waals surface area contributed by atoms with E-state index in [-0.39, 0.29) is 11.8 Å². The Kier molecular flexibility index (Phi) is 7.05. The molecule has 7 heteroatoms. The van der Waals surface area contributed by atoms with E-state index >= 15 is 0 Å². The van der Waals surface area contributed by atoms with E-state index in [0.29, 0.717) is 0 Å². The zero-order valence-electron chi connectivity index (χ0n) is 22.6. The molecule has 2 fully saturated rings. The topological polar surface area (TPSA) is 89.7 Å². The molecule has 1 amide bonds. The fourth-order valence-corrected chi connectivity index (χ4v) is 6.06. The minimum atomic E-state index is 0.103. The van der Waals surface area contributed by atoms with Crippen molar-refractivity contribution in [2.24, 2.45) is 5.92 Å². The van der Waals surface area contributed by atoms with Crippen molar-refractivity contribution in [3.63, 3.8) is 0 Å². The molecule has 200 valence electrons. The molecule has 4 heterocycles. The predicted octanol–water partition coefficient (Wildman–Crippen LogP) is 7.07. The van der Waals surface area contributed by atoms with Crippen molar-refractivity contribution in [2.75, 3.05) is 18.4 Å². The number of amides is 1. The van der Waals surface area contributed by atoms with Gasteiger partial charge in [-0.2, -0.15) is 5.10 Å². The summed E-state index contributed by atoms with van der Waals surface area (Å²) in [5.74, 6) is 0.218. The van der Waals surface area contributed by atoms with Crippen molar-refractivity contribution in [3.05, 3.63) is 72.7 Å². The van der Waals surface area contributed by atoms with E-state index < -0.39 is 0 Å². The van der Waals surface area contributed by atoms with Gasteiger partial charge in [0.15, 0.2) is 0 Å². The number of carbonyl (C=O) groups excluding carboxylic acids is 1. The molecule has 1 aliphatic carbocycles. The molecule has 3 N–H and O–H groups in total. The van der Waals surface area contributed by atoms with E-state index in [9.17, 15) is 4.79 Å². The third-order valence-electron chi connectivity index (χ3n) is 8.15. The number of hydrogen-bond acceptors (Lipinski definition) is 4. The highest BCUT2D eigenvalue weighted by atomic mass is 16.1. The number of aromatic amines is 2. The van der Waals surface area contributed by atoms with Crippen molar-refractivity contribution in [3.8, 4) is 22.5 Å². The minimum absolute atomic E-state index is 0.103. The van der Waals surface area contributed by atoms with Gasteiger partial charge >= 0.3 is 0 Å². The number of benzene rings is 1. The molecule has 1 aromatic carbocycles. The lowest BCUT2D eigenvalue weighted by Crippen LogP contribution is -2.28. The number of pyridine rings is 1. The zero-order valence-corrected chi connectivity index (χ0v) is 22.6. The summed E-state index contributed by atoms with van der Waals surface area (Å²) in [7, 11) is 0. The van der Waals surface area contributed by atoms with Gasteiger partial charge in [0.1, 0.15) is 5.69 Å². The normalized spacial score (nSPS) is 16.6. The lowest BCUT2D eigenvalue weighted by atomic mass is 10.0. The summed E-state index contributed by atoms with van der Waals surface area (Å²) in [6.07, 6.45) is 15.5. The maximum absolute atomic E-state index is 12.7. The Labute approximate surface area is 229 Å². The molecular formula is C32H36N6O. The Balaban J connectivity index is 1.31. The van der Waals surface area contributed by atoms with Gasteiger partial charge in [0, 0.05) is 53.1 Å². The Morgan fingerprint density at radius 3 is 2.67 bits per heavy atom. The van der Waals surface area contributed by atoms with Gasteiger partial charge in [-0.3, -0.25) is 14.9 Å². The van der Waals surface area contributed by atoms with Crippen LogP contribution < -0.4 is 5.32 Å². The number of likely N-dealkylation sites (tertiary alicyclic amines) is 1. The lowest BCUT2D eigenvalue weighted by molar-refractivity contribution is -0.119. The second-order valence-corrected chi connectivity index (χ2v) is 10.8. The van der Waals surface area contributed by atoms with Gasteiger partial charge in [-0.15, -0.1) is 0 Å². The summed E-state index contributed by atoms with van der Waals surface area (Å²) in [4.78, 5) is 23.1. The number of nitrogens with zero attached hydrogens (tertiary/aromatic N) is 3. The van der Waals surface area contributed by atoms with Gasteiger partial charge in [0.25, 0.3) is 0 Å². The number of carbonyl (C=O) groups is 1. The van der Waals surface area contributed by atoms with Crippen molar-refractivity contribution in [2.45, 2.75) is 51.9 Å². The van der Waals surface area contributed by atoms with Crippen LogP contribution in [0.15, 0.2) is 61.5 Å². The standard InChI is InChI=1S/C32H36N6O/c1-3-9-30(38-14-7-4-8-15-38)26-18-29(34-21(26)2)31-27-17-23(12-13-28(27)36-37-31)24-16-25(20-33-19-24)35-32(39)22-10-5-6-11-22/h3,9,12-13,16-20,22,34H,1,4-8,10-11,14-15H2,2H3,(H,35,39)(H,36,37)/b30-9+. The van der Waals surface area contributed by atoms with Crippen LogP contribution in [-0.4, -0.2) is 44.1 Å². The van der Waals surface area contributed by atoms with Crippen LogP contribution in [0, 0.1) is 12.8 Å². The second-order valence-electron chi connectivity index (χ2n) is 10.8. The van der Waals surface area contributed by atoms with Crippen molar-refractivity contribution in [1.29, 1.82) is 0 Å². The smallest absolute Gasteiger partial charge is 0.227 e. The quantitative estimate of drug-likeness (QED) is 0.227. The van der Waals surface area contributed by atoms with E-state index in [0.717, 1.165) is 83.6 Å². The third-order valence-corrected chi connectivity index (χ3v) is 8.15. The highest BCUT2D eigenvalue weighted by molar-refractivity contribution is 5.96. The zero-order chi connectivity index (χ0) is 26.8. The first-order chi connectivity index (χ1) is 19.1. The van der Waals surface area contributed by atoms with E-state index in [1.54, 1.807) is 6.20 Å². The number of H-pyrrole nitrogens is 2. The molecule has 0 bridgehead atoms. The summed E-state index contributed by atoms with van der Waals surface area (Å²) in [6, 6.07) is 10.5. The van der Waals surface area contributed by atoms with Crippen LogP contribution >= 0.6 is 0 Å². The number of rotatable bonds is 7. The van der Waals surface area contributed by atoms with E-state index in [1.165, 1.54) is 30.5 Å². The molecule has 0 atom stereocenters. The number of aryl methyl sites for hydroxylation is 1. The maximum atomic E-state index is 12.7. The second kappa shape index (κ2) is 10.9. The molecule has 6 rings (SSSR count). The summed E-state index contributed by atoms with van der Waals surface area (Å²) in [6.45, 7) is 8.24. The first-order valence-electron chi connectivity index (χ1n) is 14.1. The number of anilines is 1. The van der Waals surface area contributed by atoms with E-state index in [4.69, 9.17) is 5.10 Å². The van der Waals surface area contributed by atoms with Crippen LogP contribution in [0.2, 0.25) is 0 Å². The van der Waals surface area contributed by atoms with Gasteiger partial charge in [0.05, 0.1) is 23.1 Å². The number of fused-ring (bicyclic) bond motifs is 1. The molecule has 0 radical (unpaired) electrons. The van der Waals surface area contributed by atoms with Crippen LogP contribution in [0.1, 0.15) is 56.2 Å². The number of piperidine rings is 1. The van der Waals surface area contributed by atoms with E-state index in [1.807, 2.05) is 18.3 Å². The lowest BCUT2D eigenvalue weighted by Gasteiger charge is -2.31. The molecule has 1 saturated carbocycles. The number of nitrogens with one attached hydrogen (secondary N) is 3. The molecule has 7 nitrogen and oxygen atoms in total. The first kappa shape index (κ1) is 25.2. The average Bonchev–Trinajstić information content (AvgIpc) is 3.72. The monoisotopic (exact) mass is 520 g/mol. The Morgan fingerprint density at radius 2 is 1.87 bits per heavy atom. The number of allylic oxidation sites excluding steroid dienone is 2. The van der Waals surface area contributed by atoms with Crippen LogP contribution in [0.5, 0.6) is 0 Å². The molecule has 3 aromatic heterocycles. The first-order valence-corrected chi connectivity index (χ1v) is 14.1. The van der Waals surface area contributed by atoms with Gasteiger partial charge in [-0.25, -0.2) is 0 Å². The molecule has 1 aliphatic heterocycles. The maximum Gasteiger partial charge on any atom is 0.227 e. The molecule has 4 aromatic rings. The summed E-state index contributed by atoms with van der Waals surface area (Å²) < 4.78 is 0. The summed E-state index contributed by atoms with van der Waals surface area (Å²) in [5.41, 5.74) is 9.08. The fourth-order valence-electron chi connectivity index (χ4n) is 6.06. The van der Waals surface area contributed by atoms with Crippen LogP contribution in [0.4, 0.5) is 5.69 Å². The largest absolute Gasteiger partial charge is 0.371 e. The van der Waals surface area contributed by atoms with Crippen molar-refractivity contribution in [1.82, 2.24) is 25.1 Å². The minimum Gasteiger partial charge on any atom is -0.371 e. The van der Waals surface area contributed by atoms with Gasteiger partial charge in [0.2, 0.25) is 5.91 Å². The SMILES string of the molecule is C=C/C=C(\c1cc(-c2n[nH]c3ccc(-c4cncc(NC(=O)C5CCCC5)c4)cc23)[nH]c1C)N1CCCCC1. The van der Waals surface area contributed by atoms with Crippen molar-refractivity contribution >= 4 is 28.2 Å². The molecule has 1 saturated heterocycles. The molecule has 0 spiro atoms. The molecule has 0 unspecified atom stereocenters. The van der Waals surface area contributed by atoms with Crippen LogP contribution in [0.3, 0.4) is 0 Å². The van der Waals surface area contributed by atoms with Crippen molar-refractivity contribution < 1.29 is 4.79 Å². The number of aromatic nitrogens is 4. The molecule has 2 aliphatic rings. The Hall–Kier alpha value is -4.13. The molecule has 39 heavy (non-hydrogen) atoms. The average molecular weight is 521 g/mol. The summed E-state index contributed by atoms with van der Waals surface area (Å²) in [5, 5.41) is 12.0. The van der Waals surface area contributed by atoms with Gasteiger partial charge in [-0.05, 0) is 74.9 Å². The summed E-state index contributed by atoms with van der Waals surface area (Å²) >= 11 is 0.